The van der Waals surface area contributed by atoms with Gasteiger partial charge in [0.05, 0.1) is 7.11 Å². The number of hydrogen-bond donors (Lipinski definition) is 2. The third-order valence-electron chi connectivity index (χ3n) is 4.73. The van der Waals surface area contributed by atoms with Crippen LogP contribution in [-0.4, -0.2) is 42.3 Å². The van der Waals surface area contributed by atoms with Crippen LogP contribution in [0.5, 0.6) is 0 Å². The summed E-state index contributed by atoms with van der Waals surface area (Å²) in [6, 6.07) is 0.919. The summed E-state index contributed by atoms with van der Waals surface area (Å²) in [5.41, 5.74) is -0.615. The number of halogens is 5. The van der Waals surface area contributed by atoms with Crippen molar-refractivity contribution in [3.8, 4) is 0 Å². The topological polar surface area (TPSA) is 58.6 Å². The van der Waals surface area contributed by atoms with E-state index in [1.165, 1.54) is 12.1 Å². The quantitative estimate of drug-likeness (QED) is 0.497. The van der Waals surface area contributed by atoms with Gasteiger partial charge in [0.2, 0.25) is 5.85 Å². The molecule has 0 spiro atoms. The average Bonchev–Trinajstić information content (AvgIpc) is 2.63. The number of carbonyl (C=O) groups is 1. The second-order valence-corrected chi connectivity index (χ2v) is 7.61. The number of hydrogen-bond acceptors (Lipinski definition) is 4. The monoisotopic (exact) mass is 433 g/mol. The summed E-state index contributed by atoms with van der Waals surface area (Å²) in [4.78, 5) is 11.9. The largest absolute Gasteiger partial charge is 0.468 e. The van der Waals surface area contributed by atoms with Gasteiger partial charge in [-0.05, 0) is 35.6 Å². The van der Waals surface area contributed by atoms with E-state index in [4.69, 9.17) is 0 Å². The van der Waals surface area contributed by atoms with Crippen LogP contribution in [0.1, 0.15) is 32.3 Å². The highest BCUT2D eigenvalue weighted by atomic mass is 19.4. The van der Waals surface area contributed by atoms with Crippen molar-refractivity contribution < 1.29 is 36.6 Å². The maximum absolute atomic E-state index is 15.0. The minimum absolute atomic E-state index is 0.0725. The smallest absolute Gasteiger partial charge is 0.407 e. The Balaban J connectivity index is 2.40. The molecule has 30 heavy (non-hydrogen) atoms. The Morgan fingerprint density at radius 2 is 1.83 bits per heavy atom. The maximum atomic E-state index is 15.0. The molecule has 1 aliphatic rings. The first kappa shape index (κ1) is 24.0. The van der Waals surface area contributed by atoms with Crippen LogP contribution in [0.2, 0.25) is 0 Å². The highest BCUT2D eigenvalue weighted by molar-refractivity contribution is 5.76. The van der Waals surface area contributed by atoms with Gasteiger partial charge in [-0.1, -0.05) is 38.1 Å². The number of aliphatic hydroxyl groups is 1. The Kier molecular flexibility index (Phi) is 7.41. The second kappa shape index (κ2) is 9.26. The molecule has 166 valence electrons. The molecule has 0 fully saturated rings. The molecule has 3 atom stereocenters. The summed E-state index contributed by atoms with van der Waals surface area (Å²) in [5.74, 6) is -4.66. The Labute approximate surface area is 171 Å². The summed E-state index contributed by atoms with van der Waals surface area (Å²) in [6.45, 7) is 3.47. The van der Waals surface area contributed by atoms with E-state index in [-0.39, 0.29) is 23.5 Å². The van der Waals surface area contributed by atoms with Gasteiger partial charge >= 0.3 is 12.1 Å². The van der Waals surface area contributed by atoms with E-state index in [0.717, 1.165) is 31.4 Å². The lowest BCUT2D eigenvalue weighted by Gasteiger charge is -2.34. The number of carbonyl (C=O) groups excluding carboxylic acids is 1. The summed E-state index contributed by atoms with van der Waals surface area (Å²) in [6.07, 6.45) is -3.66. The van der Waals surface area contributed by atoms with E-state index in [1.54, 1.807) is 13.8 Å². The molecule has 1 aliphatic carbocycles. The number of esters is 1. The Bertz CT molecular complexity index is 813. The van der Waals surface area contributed by atoms with E-state index in [2.05, 4.69) is 10.1 Å². The number of benzene rings is 1. The highest BCUT2D eigenvalue weighted by Gasteiger charge is 2.48. The van der Waals surface area contributed by atoms with Gasteiger partial charge in [0.1, 0.15) is 17.9 Å². The molecule has 1 aromatic carbocycles. The van der Waals surface area contributed by atoms with E-state index in [9.17, 15) is 31.9 Å². The van der Waals surface area contributed by atoms with Crippen molar-refractivity contribution in [1.29, 1.82) is 0 Å². The van der Waals surface area contributed by atoms with Crippen LogP contribution in [0.4, 0.5) is 22.0 Å². The van der Waals surface area contributed by atoms with Crippen LogP contribution in [0.25, 0.3) is 5.57 Å². The highest BCUT2D eigenvalue weighted by Crippen LogP contribution is 2.41. The molecule has 0 aromatic heterocycles. The van der Waals surface area contributed by atoms with Gasteiger partial charge in [-0.25, -0.2) is 8.78 Å². The minimum atomic E-state index is -4.85. The zero-order chi connectivity index (χ0) is 22.7. The van der Waals surface area contributed by atoms with E-state index in [1.807, 2.05) is 0 Å². The van der Waals surface area contributed by atoms with E-state index in [0.29, 0.717) is 0 Å². The molecular formula is C21H24F5NO3. The maximum Gasteiger partial charge on any atom is 0.407 e. The SMILES string of the molecule is COC(=O)C(CC(C)C)NC(C1=CC=C(c2ccc(F)cc2)C(O)(F)C1)C(F)(F)F. The van der Waals surface area contributed by atoms with Crippen molar-refractivity contribution in [2.24, 2.45) is 5.92 Å². The molecule has 0 radical (unpaired) electrons. The zero-order valence-electron chi connectivity index (χ0n) is 16.8. The summed E-state index contributed by atoms with van der Waals surface area (Å²) in [7, 11) is 1.07. The molecule has 0 aliphatic heterocycles. The van der Waals surface area contributed by atoms with Crippen LogP contribution in [0.3, 0.4) is 0 Å². The lowest BCUT2D eigenvalue weighted by molar-refractivity contribution is -0.158. The zero-order valence-corrected chi connectivity index (χ0v) is 16.8. The molecule has 2 N–H and O–H groups in total. The molecular weight excluding hydrogens is 409 g/mol. The molecule has 0 saturated carbocycles. The van der Waals surface area contributed by atoms with Crippen LogP contribution in [-0.2, 0) is 9.53 Å². The minimum Gasteiger partial charge on any atom is -0.468 e. The molecule has 0 bridgehead atoms. The summed E-state index contributed by atoms with van der Waals surface area (Å²) >= 11 is 0. The first-order valence-electron chi connectivity index (χ1n) is 9.34. The third kappa shape index (κ3) is 5.89. The average molecular weight is 433 g/mol. The van der Waals surface area contributed by atoms with E-state index >= 15 is 0 Å². The molecule has 4 nitrogen and oxygen atoms in total. The molecule has 2 rings (SSSR count). The fraction of sp³-hybridized carbons (Fsp3) is 0.476. The van der Waals surface area contributed by atoms with Crippen molar-refractivity contribution in [2.75, 3.05) is 7.11 Å². The van der Waals surface area contributed by atoms with Gasteiger partial charge in [-0.3, -0.25) is 10.1 Å². The van der Waals surface area contributed by atoms with Crippen LogP contribution < -0.4 is 5.32 Å². The molecule has 3 unspecified atom stereocenters. The predicted molar refractivity (Wildman–Crippen MR) is 101 cm³/mol. The fourth-order valence-corrected chi connectivity index (χ4v) is 3.35. The van der Waals surface area contributed by atoms with Gasteiger partial charge < -0.3 is 9.84 Å². The predicted octanol–water partition coefficient (Wildman–Crippen LogP) is 4.31. The first-order valence-corrected chi connectivity index (χ1v) is 9.34. The number of ether oxygens (including phenoxy) is 1. The van der Waals surface area contributed by atoms with Crippen molar-refractivity contribution in [3.63, 3.8) is 0 Å². The fourth-order valence-electron chi connectivity index (χ4n) is 3.35. The van der Waals surface area contributed by atoms with Crippen molar-refractivity contribution in [1.82, 2.24) is 5.32 Å². The van der Waals surface area contributed by atoms with Gasteiger partial charge in [0.15, 0.2) is 0 Å². The molecule has 0 amide bonds. The summed E-state index contributed by atoms with van der Waals surface area (Å²) in [5, 5.41) is 12.4. The lowest BCUT2D eigenvalue weighted by Crippen LogP contribution is -2.53. The normalized spacial score (nSPS) is 21.7. The van der Waals surface area contributed by atoms with E-state index < -0.39 is 47.9 Å². The van der Waals surface area contributed by atoms with Crippen LogP contribution in [0.15, 0.2) is 42.0 Å². The van der Waals surface area contributed by atoms with Crippen molar-refractivity contribution in [3.05, 3.63) is 53.4 Å². The first-order chi connectivity index (χ1) is 13.8. The van der Waals surface area contributed by atoms with Crippen LogP contribution in [0, 0.1) is 11.7 Å². The molecule has 1 aromatic rings. The number of methoxy groups -OCH3 is 1. The molecule has 0 saturated heterocycles. The Hall–Kier alpha value is -2.26. The number of alkyl halides is 4. The Morgan fingerprint density at radius 1 is 1.23 bits per heavy atom. The van der Waals surface area contributed by atoms with Gasteiger partial charge in [-0.15, -0.1) is 0 Å². The number of nitrogens with one attached hydrogen (secondary N) is 1. The Morgan fingerprint density at radius 3 is 2.30 bits per heavy atom. The summed E-state index contributed by atoms with van der Waals surface area (Å²) < 4.78 is 73.9. The van der Waals surface area contributed by atoms with Gasteiger partial charge in [0, 0.05) is 12.0 Å². The standard InChI is InChI=1S/C21H24F5NO3/c1-12(2)10-17(19(28)30-3)27-18(21(24,25)26)14-6-9-16(20(23,29)11-14)13-4-7-15(22)8-5-13/h4-9,12,17-18,27,29H,10-11H2,1-3H3. The van der Waals surface area contributed by atoms with Gasteiger partial charge in [-0.2, -0.15) is 13.2 Å². The number of allylic oxidation sites excluding steroid dienone is 2. The van der Waals surface area contributed by atoms with Crippen molar-refractivity contribution >= 4 is 11.5 Å². The molecule has 9 heteroatoms. The lowest BCUT2D eigenvalue weighted by atomic mass is 9.85. The number of rotatable bonds is 7. The van der Waals surface area contributed by atoms with Gasteiger partial charge in [0.25, 0.3) is 0 Å². The van der Waals surface area contributed by atoms with Crippen LogP contribution >= 0.6 is 0 Å². The third-order valence-corrected chi connectivity index (χ3v) is 4.73. The second-order valence-electron chi connectivity index (χ2n) is 7.61. The molecule has 0 heterocycles. The van der Waals surface area contributed by atoms with Crippen molar-refractivity contribution in [2.45, 2.75) is 50.8 Å².